The zero-order valence-electron chi connectivity index (χ0n) is 17.1. The van der Waals surface area contributed by atoms with Crippen molar-refractivity contribution in [3.8, 4) is 0 Å². The average Bonchev–Trinajstić information content (AvgIpc) is 3.13. The first kappa shape index (κ1) is 22.2. The Morgan fingerprint density at radius 1 is 1.21 bits per heavy atom. The van der Waals surface area contributed by atoms with Crippen LogP contribution in [0.4, 0.5) is 4.79 Å². The van der Waals surface area contributed by atoms with Crippen molar-refractivity contribution in [3.05, 3.63) is 30.0 Å². The number of fused-ring (bicyclic) bond motifs is 1. The van der Waals surface area contributed by atoms with Gasteiger partial charge in [0.25, 0.3) is 5.91 Å². The highest BCUT2D eigenvalue weighted by Gasteiger charge is 2.16. The van der Waals surface area contributed by atoms with Crippen molar-refractivity contribution >= 4 is 28.8 Å². The van der Waals surface area contributed by atoms with Crippen molar-refractivity contribution in [2.75, 3.05) is 19.7 Å². The molecule has 9 nitrogen and oxygen atoms in total. The van der Waals surface area contributed by atoms with Gasteiger partial charge in [0.05, 0.1) is 18.3 Å². The fraction of sp³-hybridized carbons (Fsp3) is 0.500. The van der Waals surface area contributed by atoms with Crippen molar-refractivity contribution in [3.63, 3.8) is 0 Å². The van der Waals surface area contributed by atoms with Crippen LogP contribution in [0.5, 0.6) is 0 Å². The highest BCUT2D eigenvalue weighted by atomic mass is 16.5. The minimum atomic E-state index is -0.492. The van der Waals surface area contributed by atoms with E-state index >= 15 is 0 Å². The molecule has 0 fully saturated rings. The lowest BCUT2D eigenvalue weighted by Crippen LogP contribution is -2.45. The van der Waals surface area contributed by atoms with E-state index in [9.17, 15) is 14.4 Å². The standard InChI is InChI=1S/C20H29N5O4/c1-4-29-20(28)24-16(9-13(2)3)12-22-18(26)7-8-21-19(27)14-5-6-15-11-23-25-17(15)10-14/h5-6,10-11,13,16H,4,7-9,12H2,1-3H3,(H,21,27)(H,22,26)(H,23,25)(H,24,28)/t16-/m1/s1. The molecule has 29 heavy (non-hydrogen) atoms. The zero-order valence-corrected chi connectivity index (χ0v) is 17.1. The Bertz CT molecular complexity index is 833. The molecule has 2 aromatic rings. The molecule has 0 unspecified atom stereocenters. The van der Waals surface area contributed by atoms with Crippen LogP contribution in [-0.2, 0) is 9.53 Å². The number of rotatable bonds is 10. The largest absolute Gasteiger partial charge is 0.450 e. The lowest BCUT2D eigenvalue weighted by molar-refractivity contribution is -0.121. The summed E-state index contributed by atoms with van der Waals surface area (Å²) in [6, 6.07) is 5.03. The highest BCUT2D eigenvalue weighted by molar-refractivity contribution is 5.97. The number of amides is 3. The predicted molar refractivity (Wildman–Crippen MR) is 109 cm³/mol. The van der Waals surface area contributed by atoms with Crippen LogP contribution >= 0.6 is 0 Å². The van der Waals surface area contributed by atoms with Crippen LogP contribution in [0, 0.1) is 5.92 Å². The van der Waals surface area contributed by atoms with Gasteiger partial charge in [0.15, 0.2) is 0 Å². The summed E-state index contributed by atoms with van der Waals surface area (Å²) in [6.45, 7) is 6.63. The minimum Gasteiger partial charge on any atom is -0.450 e. The number of alkyl carbamates (subject to hydrolysis) is 1. The molecule has 4 N–H and O–H groups in total. The molecule has 3 amide bonds. The summed E-state index contributed by atoms with van der Waals surface area (Å²) < 4.78 is 4.90. The molecule has 0 spiro atoms. The Hall–Kier alpha value is -3.10. The second-order valence-corrected chi connectivity index (χ2v) is 7.17. The Labute approximate surface area is 170 Å². The van der Waals surface area contributed by atoms with E-state index in [1.165, 1.54) is 0 Å². The number of aromatic amines is 1. The number of benzene rings is 1. The molecule has 158 valence electrons. The van der Waals surface area contributed by atoms with E-state index in [1.807, 2.05) is 19.9 Å². The fourth-order valence-electron chi connectivity index (χ4n) is 2.90. The van der Waals surface area contributed by atoms with Gasteiger partial charge < -0.3 is 20.7 Å². The molecule has 0 aliphatic heterocycles. The van der Waals surface area contributed by atoms with Gasteiger partial charge in [-0.3, -0.25) is 14.7 Å². The second-order valence-electron chi connectivity index (χ2n) is 7.17. The van der Waals surface area contributed by atoms with Gasteiger partial charge in [0.1, 0.15) is 0 Å². The SMILES string of the molecule is CCOC(=O)N[C@@H](CNC(=O)CCNC(=O)c1ccc2cn[nH]c2c1)CC(C)C. The number of nitrogens with one attached hydrogen (secondary N) is 4. The van der Waals surface area contributed by atoms with Gasteiger partial charge in [-0.25, -0.2) is 4.79 Å². The van der Waals surface area contributed by atoms with E-state index in [-0.39, 0.29) is 30.8 Å². The van der Waals surface area contributed by atoms with Crippen molar-refractivity contribution in [2.24, 2.45) is 5.92 Å². The third kappa shape index (κ3) is 7.44. The number of nitrogens with zero attached hydrogens (tertiary/aromatic N) is 1. The maximum Gasteiger partial charge on any atom is 0.407 e. The van der Waals surface area contributed by atoms with E-state index in [0.29, 0.717) is 31.1 Å². The first-order valence-electron chi connectivity index (χ1n) is 9.80. The monoisotopic (exact) mass is 403 g/mol. The summed E-state index contributed by atoms with van der Waals surface area (Å²) in [6.07, 6.45) is 2.05. The molecule has 9 heteroatoms. The smallest absolute Gasteiger partial charge is 0.407 e. The maximum absolute atomic E-state index is 12.2. The highest BCUT2D eigenvalue weighted by Crippen LogP contribution is 2.12. The van der Waals surface area contributed by atoms with Crippen molar-refractivity contribution in [1.82, 2.24) is 26.1 Å². The quantitative estimate of drug-likeness (QED) is 0.483. The van der Waals surface area contributed by atoms with Crippen molar-refractivity contribution in [1.29, 1.82) is 0 Å². The van der Waals surface area contributed by atoms with E-state index < -0.39 is 6.09 Å². The molecule has 0 radical (unpaired) electrons. The van der Waals surface area contributed by atoms with Crippen LogP contribution in [0.25, 0.3) is 10.9 Å². The van der Waals surface area contributed by atoms with Crippen LogP contribution in [0.15, 0.2) is 24.4 Å². The molecule has 0 saturated carbocycles. The molecule has 1 aromatic heterocycles. The predicted octanol–water partition coefficient (Wildman–Crippen LogP) is 1.96. The van der Waals surface area contributed by atoms with Gasteiger partial charge in [-0.1, -0.05) is 19.9 Å². The maximum atomic E-state index is 12.2. The molecular weight excluding hydrogens is 374 g/mol. The Kier molecular flexibility index (Phi) is 8.45. The number of H-pyrrole nitrogens is 1. The first-order valence-corrected chi connectivity index (χ1v) is 9.80. The van der Waals surface area contributed by atoms with Crippen LogP contribution < -0.4 is 16.0 Å². The van der Waals surface area contributed by atoms with Crippen molar-refractivity contribution < 1.29 is 19.1 Å². The molecule has 2 rings (SSSR count). The second kappa shape index (κ2) is 11.0. The van der Waals surface area contributed by atoms with Crippen molar-refractivity contribution in [2.45, 2.75) is 39.7 Å². The minimum absolute atomic E-state index is 0.145. The van der Waals surface area contributed by atoms with Gasteiger partial charge in [-0.15, -0.1) is 0 Å². The average molecular weight is 403 g/mol. The molecule has 0 bridgehead atoms. The molecule has 1 aromatic carbocycles. The molecular formula is C20H29N5O4. The molecule has 0 aliphatic carbocycles. The lowest BCUT2D eigenvalue weighted by atomic mass is 10.0. The van der Waals surface area contributed by atoms with Crippen LogP contribution in [-0.4, -0.2) is 53.8 Å². The van der Waals surface area contributed by atoms with E-state index in [1.54, 1.807) is 25.3 Å². The number of aromatic nitrogens is 2. The number of hydrogen-bond acceptors (Lipinski definition) is 5. The van der Waals surface area contributed by atoms with Crippen LogP contribution in [0.2, 0.25) is 0 Å². The Morgan fingerprint density at radius 3 is 2.72 bits per heavy atom. The summed E-state index contributed by atoms with van der Waals surface area (Å²) in [7, 11) is 0. The first-order chi connectivity index (χ1) is 13.9. The summed E-state index contributed by atoms with van der Waals surface area (Å²) in [5, 5.41) is 16.0. The van der Waals surface area contributed by atoms with Crippen LogP contribution in [0.3, 0.4) is 0 Å². The van der Waals surface area contributed by atoms with Gasteiger partial charge in [-0.05, 0) is 31.4 Å². The van der Waals surface area contributed by atoms with E-state index in [4.69, 9.17) is 4.74 Å². The summed E-state index contributed by atoms with van der Waals surface area (Å²) in [5.74, 6) is -0.102. The molecule has 1 atom stereocenters. The van der Waals surface area contributed by atoms with Gasteiger partial charge in [0.2, 0.25) is 5.91 Å². The van der Waals surface area contributed by atoms with E-state index in [2.05, 4.69) is 26.1 Å². The van der Waals surface area contributed by atoms with Gasteiger partial charge >= 0.3 is 6.09 Å². The summed E-state index contributed by atoms with van der Waals surface area (Å²) in [5.41, 5.74) is 1.28. The van der Waals surface area contributed by atoms with Gasteiger partial charge in [0, 0.05) is 36.5 Å². The topological polar surface area (TPSA) is 125 Å². The fourth-order valence-corrected chi connectivity index (χ4v) is 2.90. The zero-order chi connectivity index (χ0) is 21.2. The normalized spacial score (nSPS) is 11.9. The third-order valence-electron chi connectivity index (χ3n) is 4.24. The number of hydrogen-bond donors (Lipinski definition) is 4. The number of ether oxygens (including phenoxy) is 1. The van der Waals surface area contributed by atoms with E-state index in [0.717, 1.165) is 10.9 Å². The summed E-state index contributed by atoms with van der Waals surface area (Å²) in [4.78, 5) is 35.9. The molecule has 1 heterocycles. The summed E-state index contributed by atoms with van der Waals surface area (Å²) >= 11 is 0. The lowest BCUT2D eigenvalue weighted by Gasteiger charge is -2.20. The Balaban J connectivity index is 1.74. The molecule has 0 saturated heterocycles. The Morgan fingerprint density at radius 2 is 2.00 bits per heavy atom. The number of carbonyl (C=O) groups is 3. The third-order valence-corrected chi connectivity index (χ3v) is 4.24. The molecule has 0 aliphatic rings. The number of carbonyl (C=O) groups excluding carboxylic acids is 3. The van der Waals surface area contributed by atoms with Gasteiger partial charge in [-0.2, -0.15) is 5.10 Å². The van der Waals surface area contributed by atoms with Crippen LogP contribution in [0.1, 0.15) is 44.0 Å².